The molecule has 0 saturated heterocycles. The molecular weight excluding hydrogens is 558 g/mol. The Bertz CT molecular complexity index is 1400. The smallest absolute Gasteiger partial charge is 0.264 e. The van der Waals surface area contributed by atoms with Crippen molar-refractivity contribution in [3.63, 3.8) is 0 Å². The van der Waals surface area contributed by atoms with Crippen molar-refractivity contribution in [1.82, 2.24) is 10.2 Å². The number of thioether (sulfide) groups is 1. The number of nitrogens with zero attached hydrogens (tertiary/aromatic N) is 2. The summed E-state index contributed by atoms with van der Waals surface area (Å²) in [5.74, 6) is -0.454. The lowest BCUT2D eigenvalue weighted by Crippen LogP contribution is -2.53. The van der Waals surface area contributed by atoms with Crippen molar-refractivity contribution in [3.05, 3.63) is 84.4 Å². The first kappa shape index (κ1) is 32.0. The second-order valence-corrected chi connectivity index (χ2v) is 12.4. The van der Waals surface area contributed by atoms with Crippen LogP contribution < -0.4 is 14.4 Å². The highest BCUT2D eigenvalue weighted by molar-refractivity contribution is 7.98. The van der Waals surface area contributed by atoms with Crippen LogP contribution in [0.1, 0.15) is 39.7 Å². The van der Waals surface area contributed by atoms with Crippen LogP contribution in [0.5, 0.6) is 5.75 Å². The average molecular weight is 598 g/mol. The largest absolute Gasteiger partial charge is 0.492 e. The minimum atomic E-state index is -4.20. The fraction of sp³-hybridized carbons (Fsp3) is 0.355. The number of sulfonamides is 1. The van der Waals surface area contributed by atoms with Crippen LogP contribution in [0.4, 0.5) is 5.69 Å². The van der Waals surface area contributed by atoms with E-state index in [1.807, 2.05) is 64.3 Å². The van der Waals surface area contributed by atoms with Crippen molar-refractivity contribution in [2.75, 3.05) is 23.7 Å². The van der Waals surface area contributed by atoms with Crippen molar-refractivity contribution in [2.24, 2.45) is 0 Å². The molecule has 0 aromatic heterocycles. The lowest BCUT2D eigenvalue weighted by atomic mass is 10.1. The van der Waals surface area contributed by atoms with Crippen LogP contribution in [0.25, 0.3) is 0 Å². The maximum absolute atomic E-state index is 14.2. The topological polar surface area (TPSA) is 96.0 Å². The molecule has 0 saturated carbocycles. The van der Waals surface area contributed by atoms with E-state index in [1.165, 1.54) is 28.8 Å². The Kier molecular flexibility index (Phi) is 11.7. The number of benzene rings is 3. The second-order valence-electron chi connectivity index (χ2n) is 9.68. The molecule has 1 N–H and O–H groups in total. The van der Waals surface area contributed by atoms with Gasteiger partial charge in [0.25, 0.3) is 10.0 Å². The zero-order valence-corrected chi connectivity index (χ0v) is 25.9. The third-order valence-electron chi connectivity index (χ3n) is 6.37. The van der Waals surface area contributed by atoms with E-state index in [-0.39, 0.29) is 29.1 Å². The monoisotopic (exact) mass is 597 g/mol. The highest BCUT2D eigenvalue weighted by Gasteiger charge is 2.34. The van der Waals surface area contributed by atoms with Crippen LogP contribution in [-0.2, 0) is 26.2 Å². The second kappa shape index (κ2) is 14.9. The van der Waals surface area contributed by atoms with Gasteiger partial charge in [-0.05, 0) is 75.4 Å². The number of para-hydroxylation sites is 2. The van der Waals surface area contributed by atoms with Gasteiger partial charge in [0.15, 0.2) is 0 Å². The zero-order valence-electron chi connectivity index (χ0n) is 24.2. The van der Waals surface area contributed by atoms with Gasteiger partial charge < -0.3 is 15.0 Å². The first-order valence-corrected chi connectivity index (χ1v) is 16.3. The summed E-state index contributed by atoms with van der Waals surface area (Å²) in [5, 5.41) is 2.91. The van der Waals surface area contributed by atoms with E-state index in [0.717, 1.165) is 14.8 Å². The summed E-state index contributed by atoms with van der Waals surface area (Å²) < 4.78 is 35.1. The number of hydrogen-bond donors (Lipinski definition) is 1. The Balaban J connectivity index is 2.10. The van der Waals surface area contributed by atoms with Crippen molar-refractivity contribution in [3.8, 4) is 5.75 Å². The van der Waals surface area contributed by atoms with Gasteiger partial charge in [0.2, 0.25) is 11.8 Å². The lowest BCUT2D eigenvalue weighted by molar-refractivity contribution is -0.140. The highest BCUT2D eigenvalue weighted by Crippen LogP contribution is 2.33. The molecule has 1 atom stereocenters. The van der Waals surface area contributed by atoms with Gasteiger partial charge in [-0.1, -0.05) is 49.4 Å². The molecule has 8 nitrogen and oxygen atoms in total. The van der Waals surface area contributed by atoms with Gasteiger partial charge in [-0.25, -0.2) is 8.42 Å². The number of carbonyl (C=O) groups excluding carboxylic acids is 2. The fourth-order valence-corrected chi connectivity index (χ4v) is 6.24. The van der Waals surface area contributed by atoms with Crippen molar-refractivity contribution >= 4 is 39.3 Å². The maximum atomic E-state index is 14.2. The average Bonchev–Trinajstić information content (AvgIpc) is 2.96. The summed E-state index contributed by atoms with van der Waals surface area (Å²) >= 11 is 1.50. The molecule has 0 aliphatic carbocycles. The summed E-state index contributed by atoms with van der Waals surface area (Å²) in [5.41, 5.74) is 1.07. The molecule has 10 heteroatoms. The molecule has 220 valence electrons. The maximum Gasteiger partial charge on any atom is 0.264 e. The Morgan fingerprint density at radius 3 is 2.15 bits per heavy atom. The van der Waals surface area contributed by atoms with Gasteiger partial charge in [-0.15, -0.1) is 11.8 Å². The van der Waals surface area contributed by atoms with Crippen LogP contribution in [0.3, 0.4) is 0 Å². The number of rotatable bonds is 14. The Morgan fingerprint density at radius 2 is 1.56 bits per heavy atom. The summed E-state index contributed by atoms with van der Waals surface area (Å²) in [6.07, 6.45) is 2.27. The van der Waals surface area contributed by atoms with Gasteiger partial charge in [-0.3, -0.25) is 13.9 Å². The van der Waals surface area contributed by atoms with Crippen molar-refractivity contribution < 1.29 is 22.7 Å². The Morgan fingerprint density at radius 1 is 0.927 bits per heavy atom. The summed E-state index contributed by atoms with van der Waals surface area (Å²) in [6, 6.07) is 21.7. The molecule has 2 amide bonds. The Labute approximate surface area is 248 Å². The van der Waals surface area contributed by atoms with Crippen molar-refractivity contribution in [2.45, 2.75) is 62.5 Å². The normalized spacial score (nSPS) is 12.0. The molecule has 3 aromatic rings. The molecule has 3 aromatic carbocycles. The molecule has 0 spiro atoms. The molecule has 3 rings (SSSR count). The third-order valence-corrected chi connectivity index (χ3v) is 8.89. The van der Waals surface area contributed by atoms with E-state index in [9.17, 15) is 18.0 Å². The zero-order chi connectivity index (χ0) is 30.0. The minimum Gasteiger partial charge on any atom is -0.492 e. The van der Waals surface area contributed by atoms with E-state index < -0.39 is 28.5 Å². The first-order chi connectivity index (χ1) is 19.6. The molecule has 0 radical (unpaired) electrons. The van der Waals surface area contributed by atoms with Gasteiger partial charge >= 0.3 is 0 Å². The summed E-state index contributed by atoms with van der Waals surface area (Å²) in [6.45, 7) is 7.30. The van der Waals surface area contributed by atoms with Gasteiger partial charge in [-0.2, -0.15) is 0 Å². The number of nitrogens with one attached hydrogen (secondary N) is 1. The van der Waals surface area contributed by atoms with E-state index >= 15 is 0 Å². The molecule has 0 unspecified atom stereocenters. The number of anilines is 1. The first-order valence-electron chi connectivity index (χ1n) is 13.6. The van der Waals surface area contributed by atoms with Crippen LogP contribution in [0, 0.1) is 0 Å². The predicted molar refractivity (Wildman–Crippen MR) is 165 cm³/mol. The van der Waals surface area contributed by atoms with Gasteiger partial charge in [0.05, 0.1) is 17.2 Å². The van der Waals surface area contributed by atoms with Gasteiger partial charge in [0.1, 0.15) is 18.3 Å². The van der Waals surface area contributed by atoms with Crippen LogP contribution in [0.15, 0.2) is 88.7 Å². The number of ether oxygens (including phenoxy) is 1. The minimum absolute atomic E-state index is 0.0496. The van der Waals surface area contributed by atoms with Crippen LogP contribution in [0.2, 0.25) is 0 Å². The van der Waals surface area contributed by atoms with Crippen LogP contribution in [-0.4, -0.2) is 56.6 Å². The van der Waals surface area contributed by atoms with Gasteiger partial charge in [0, 0.05) is 17.5 Å². The van der Waals surface area contributed by atoms with E-state index in [4.69, 9.17) is 4.74 Å². The number of amides is 2. The fourth-order valence-electron chi connectivity index (χ4n) is 4.41. The molecule has 0 aliphatic rings. The number of carbonyl (C=O) groups is 2. The van der Waals surface area contributed by atoms with E-state index in [0.29, 0.717) is 18.8 Å². The highest BCUT2D eigenvalue weighted by atomic mass is 32.2. The molecule has 0 aliphatic heterocycles. The SMILES string of the molecule is CCOc1ccccc1N(CC(=O)N(Cc1ccccc1)[C@@H](CC)C(=O)NC(C)C)S(=O)(=O)c1ccc(SC)cc1. The molecular formula is C31H39N3O5S2. The molecule has 0 heterocycles. The lowest BCUT2D eigenvalue weighted by Gasteiger charge is -2.34. The van der Waals surface area contributed by atoms with E-state index in [1.54, 1.807) is 36.4 Å². The standard InChI is InChI=1S/C31H39N3O5S2/c1-6-27(31(36)32-23(3)4)33(21-24-13-9-8-10-14-24)30(35)22-34(28-15-11-12-16-29(28)39-7-2)41(37,38)26-19-17-25(40-5)18-20-26/h8-20,23,27H,6-7,21-22H2,1-5H3,(H,32,36)/t27-/m0/s1. The van der Waals surface area contributed by atoms with Crippen LogP contribution >= 0.6 is 11.8 Å². The quantitative estimate of drug-likeness (QED) is 0.252. The number of hydrogen-bond acceptors (Lipinski definition) is 6. The molecule has 41 heavy (non-hydrogen) atoms. The van der Waals surface area contributed by atoms with E-state index in [2.05, 4.69) is 5.32 Å². The predicted octanol–water partition coefficient (Wildman–Crippen LogP) is 5.33. The summed E-state index contributed by atoms with van der Waals surface area (Å²) in [4.78, 5) is 29.8. The third kappa shape index (κ3) is 8.27. The Hall–Kier alpha value is -3.50. The molecule has 0 bridgehead atoms. The summed E-state index contributed by atoms with van der Waals surface area (Å²) in [7, 11) is -4.20. The van der Waals surface area contributed by atoms with Crippen molar-refractivity contribution in [1.29, 1.82) is 0 Å². The molecule has 0 fully saturated rings.